The van der Waals surface area contributed by atoms with Crippen molar-refractivity contribution < 1.29 is 0 Å². The molecule has 0 bridgehead atoms. The molecule has 0 aliphatic rings. The van der Waals surface area contributed by atoms with Gasteiger partial charge in [-0.25, -0.2) is 0 Å². The zero-order valence-corrected chi connectivity index (χ0v) is 11.7. The molecule has 0 amide bonds. The fourth-order valence-electron chi connectivity index (χ4n) is 1.76. The van der Waals surface area contributed by atoms with Gasteiger partial charge in [-0.3, -0.25) is 0 Å². The lowest BCUT2D eigenvalue weighted by Crippen LogP contribution is -2.03. The van der Waals surface area contributed by atoms with Gasteiger partial charge >= 0.3 is 0 Å². The van der Waals surface area contributed by atoms with Crippen molar-refractivity contribution in [1.82, 2.24) is 0 Å². The number of nitrogens with two attached hydrogens (primary N) is 1. The van der Waals surface area contributed by atoms with Gasteiger partial charge in [-0.05, 0) is 43.0 Å². The number of benzene rings is 1. The summed E-state index contributed by atoms with van der Waals surface area (Å²) in [6.07, 6.45) is 7.11. The molecule has 0 fully saturated rings. The van der Waals surface area contributed by atoms with Gasteiger partial charge in [-0.15, -0.1) is 0 Å². The van der Waals surface area contributed by atoms with Crippen molar-refractivity contribution in [3.63, 3.8) is 0 Å². The molecule has 0 saturated heterocycles. The second kappa shape index (κ2) is 8.71. The van der Waals surface area contributed by atoms with Crippen LogP contribution in [0, 0.1) is 11.3 Å². The monoisotopic (exact) mass is 263 g/mol. The van der Waals surface area contributed by atoms with E-state index in [2.05, 4.69) is 17.6 Å². The van der Waals surface area contributed by atoms with Gasteiger partial charge in [0.15, 0.2) is 0 Å². The average Bonchev–Trinajstić information content (AvgIpc) is 2.39. The lowest BCUT2D eigenvalue weighted by Gasteiger charge is -2.08. The molecule has 98 valence electrons. The molecular weight excluding hydrogens is 242 g/mol. The van der Waals surface area contributed by atoms with E-state index in [0.717, 1.165) is 18.7 Å². The van der Waals surface area contributed by atoms with Gasteiger partial charge in [0.05, 0.1) is 11.3 Å². The first-order valence-electron chi connectivity index (χ1n) is 6.30. The summed E-state index contributed by atoms with van der Waals surface area (Å²) in [6.45, 7) is 0.915. The van der Waals surface area contributed by atoms with Gasteiger partial charge < -0.3 is 11.1 Å². The van der Waals surface area contributed by atoms with Gasteiger partial charge in [0.25, 0.3) is 0 Å². The SMILES string of the molecule is CSCCCCCCNc1ccc(N)cc1C#N. The fourth-order valence-corrected chi connectivity index (χ4v) is 2.25. The van der Waals surface area contributed by atoms with E-state index >= 15 is 0 Å². The summed E-state index contributed by atoms with van der Waals surface area (Å²) in [6, 6.07) is 7.57. The van der Waals surface area contributed by atoms with Crippen LogP contribution < -0.4 is 11.1 Å². The number of hydrogen-bond donors (Lipinski definition) is 2. The van der Waals surface area contributed by atoms with Gasteiger partial charge in [0.1, 0.15) is 6.07 Å². The Morgan fingerprint density at radius 3 is 2.78 bits per heavy atom. The first kappa shape index (κ1) is 14.7. The van der Waals surface area contributed by atoms with Crippen LogP contribution in [0.5, 0.6) is 0 Å². The molecule has 18 heavy (non-hydrogen) atoms. The molecule has 0 radical (unpaired) electrons. The number of nitriles is 1. The second-order valence-corrected chi connectivity index (χ2v) is 5.24. The van der Waals surface area contributed by atoms with Gasteiger partial charge in [0.2, 0.25) is 0 Å². The lowest BCUT2D eigenvalue weighted by molar-refractivity contribution is 0.689. The minimum absolute atomic E-state index is 0.623. The van der Waals surface area contributed by atoms with Crippen LogP contribution in [0.1, 0.15) is 31.2 Å². The zero-order chi connectivity index (χ0) is 13.2. The number of rotatable bonds is 8. The summed E-state index contributed by atoms with van der Waals surface area (Å²) in [7, 11) is 0. The summed E-state index contributed by atoms with van der Waals surface area (Å²) < 4.78 is 0. The van der Waals surface area contributed by atoms with E-state index in [9.17, 15) is 0 Å². The van der Waals surface area contributed by atoms with Crippen LogP contribution in [0.25, 0.3) is 0 Å². The number of nitrogens with zero attached hydrogens (tertiary/aromatic N) is 1. The summed E-state index contributed by atoms with van der Waals surface area (Å²) in [5.74, 6) is 1.25. The number of anilines is 2. The van der Waals surface area contributed by atoms with Crippen LogP contribution in [0.15, 0.2) is 18.2 Å². The third-order valence-corrected chi connectivity index (χ3v) is 3.45. The Balaban J connectivity index is 2.25. The molecule has 3 nitrogen and oxygen atoms in total. The lowest BCUT2D eigenvalue weighted by atomic mass is 10.1. The third-order valence-electron chi connectivity index (χ3n) is 2.75. The van der Waals surface area contributed by atoms with Crippen molar-refractivity contribution in [2.45, 2.75) is 25.7 Å². The quantitative estimate of drug-likeness (QED) is 0.557. The van der Waals surface area contributed by atoms with Crippen molar-refractivity contribution >= 4 is 23.1 Å². The summed E-state index contributed by atoms with van der Waals surface area (Å²) in [5.41, 5.74) is 7.79. The van der Waals surface area contributed by atoms with Crippen LogP contribution >= 0.6 is 11.8 Å². The molecule has 0 aliphatic carbocycles. The maximum Gasteiger partial charge on any atom is 0.101 e. The highest BCUT2D eigenvalue weighted by Gasteiger charge is 2.01. The molecule has 3 N–H and O–H groups in total. The topological polar surface area (TPSA) is 61.8 Å². The summed E-state index contributed by atoms with van der Waals surface area (Å²) in [5, 5.41) is 12.3. The second-order valence-electron chi connectivity index (χ2n) is 4.25. The Kier molecular flexibility index (Phi) is 7.12. The summed E-state index contributed by atoms with van der Waals surface area (Å²) >= 11 is 1.91. The largest absolute Gasteiger partial charge is 0.399 e. The highest BCUT2D eigenvalue weighted by molar-refractivity contribution is 7.98. The molecule has 0 atom stereocenters. The van der Waals surface area contributed by atoms with Crippen LogP contribution in [-0.2, 0) is 0 Å². The van der Waals surface area contributed by atoms with Gasteiger partial charge in [-0.2, -0.15) is 17.0 Å². The highest BCUT2D eigenvalue weighted by Crippen LogP contribution is 2.18. The fraction of sp³-hybridized carbons (Fsp3) is 0.500. The Hall–Kier alpha value is -1.34. The first-order valence-corrected chi connectivity index (χ1v) is 7.69. The van der Waals surface area contributed by atoms with E-state index in [-0.39, 0.29) is 0 Å². The van der Waals surface area contributed by atoms with Crippen molar-refractivity contribution in [2.75, 3.05) is 29.6 Å². The highest BCUT2D eigenvalue weighted by atomic mass is 32.2. The molecule has 0 saturated carbocycles. The molecule has 1 rings (SSSR count). The maximum absolute atomic E-state index is 8.99. The normalized spacial score (nSPS) is 10.0. The van der Waals surface area contributed by atoms with Crippen LogP contribution in [0.3, 0.4) is 0 Å². The Labute approximate surface area is 114 Å². The smallest absolute Gasteiger partial charge is 0.101 e. The number of unbranched alkanes of at least 4 members (excludes halogenated alkanes) is 3. The third kappa shape index (κ3) is 5.33. The molecule has 0 heterocycles. The number of hydrogen-bond acceptors (Lipinski definition) is 4. The van der Waals surface area contributed by atoms with Gasteiger partial charge in [-0.1, -0.05) is 12.8 Å². The van der Waals surface area contributed by atoms with Gasteiger partial charge in [0, 0.05) is 12.2 Å². The van der Waals surface area contributed by atoms with E-state index in [4.69, 9.17) is 11.0 Å². The van der Waals surface area contributed by atoms with E-state index in [1.807, 2.05) is 23.9 Å². The molecule has 0 aliphatic heterocycles. The zero-order valence-electron chi connectivity index (χ0n) is 10.9. The standard InChI is InChI=1S/C14H21N3S/c1-18-9-5-3-2-4-8-17-14-7-6-13(16)10-12(14)11-15/h6-7,10,17H,2-5,8-9,16H2,1H3. The minimum Gasteiger partial charge on any atom is -0.399 e. The molecule has 1 aromatic carbocycles. The van der Waals surface area contributed by atoms with Crippen molar-refractivity contribution in [2.24, 2.45) is 0 Å². The summed E-state index contributed by atoms with van der Waals surface area (Å²) in [4.78, 5) is 0. The number of nitrogens with one attached hydrogen (secondary N) is 1. The molecule has 0 spiro atoms. The van der Waals surface area contributed by atoms with Crippen molar-refractivity contribution in [3.8, 4) is 6.07 Å². The van der Waals surface area contributed by atoms with E-state index in [1.165, 1.54) is 25.0 Å². The van der Waals surface area contributed by atoms with Crippen molar-refractivity contribution in [1.29, 1.82) is 5.26 Å². The predicted molar refractivity (Wildman–Crippen MR) is 80.9 cm³/mol. The number of thioether (sulfide) groups is 1. The number of nitrogen functional groups attached to an aromatic ring is 1. The Bertz CT molecular complexity index is 399. The molecular formula is C14H21N3S. The molecule has 1 aromatic rings. The minimum atomic E-state index is 0.623. The Morgan fingerprint density at radius 1 is 1.28 bits per heavy atom. The molecule has 4 heteroatoms. The van der Waals surface area contributed by atoms with E-state index in [0.29, 0.717) is 11.3 Å². The van der Waals surface area contributed by atoms with Crippen molar-refractivity contribution in [3.05, 3.63) is 23.8 Å². The van der Waals surface area contributed by atoms with Crippen LogP contribution in [0.2, 0.25) is 0 Å². The first-order chi connectivity index (χ1) is 8.77. The maximum atomic E-state index is 8.99. The van der Waals surface area contributed by atoms with E-state index < -0.39 is 0 Å². The average molecular weight is 263 g/mol. The van der Waals surface area contributed by atoms with E-state index in [1.54, 1.807) is 6.07 Å². The van der Waals surface area contributed by atoms with Crippen LogP contribution in [-0.4, -0.2) is 18.6 Å². The predicted octanol–water partition coefficient (Wildman–Crippen LogP) is 3.48. The Morgan fingerprint density at radius 2 is 2.06 bits per heavy atom. The van der Waals surface area contributed by atoms with Crippen LogP contribution in [0.4, 0.5) is 11.4 Å². The molecule has 0 aromatic heterocycles. The molecule has 0 unspecified atom stereocenters.